The lowest BCUT2D eigenvalue weighted by Crippen LogP contribution is -2.64. The molecule has 2 unspecified atom stereocenters. The molecule has 4 heterocycles. The second kappa shape index (κ2) is 7.91. The number of ether oxygens (including phenoxy) is 2. The van der Waals surface area contributed by atoms with Crippen molar-refractivity contribution < 1.29 is 14.3 Å². The Morgan fingerprint density at radius 2 is 1.97 bits per heavy atom. The molecule has 5 heteroatoms. The summed E-state index contributed by atoms with van der Waals surface area (Å²) in [6.07, 6.45) is 6.63. The van der Waals surface area contributed by atoms with Gasteiger partial charge in [0.15, 0.2) is 5.72 Å². The van der Waals surface area contributed by atoms with Crippen LogP contribution in [0.1, 0.15) is 72.3 Å². The van der Waals surface area contributed by atoms with Crippen LogP contribution in [0.5, 0.6) is 5.75 Å². The van der Waals surface area contributed by atoms with Gasteiger partial charge in [-0.2, -0.15) is 0 Å². The van der Waals surface area contributed by atoms with Crippen molar-refractivity contribution in [3.63, 3.8) is 0 Å². The van der Waals surface area contributed by atoms with E-state index in [0.29, 0.717) is 11.5 Å². The second-order valence-electron chi connectivity index (χ2n) is 9.98. The number of benzene rings is 2. The standard InChI is InChI=1S/C28H32N2O3/c1-18-25(27(31)32-19(2)20-9-4-3-5-10-20)26-22-17-21-11-8-16-30-15-7-6-14-28(21,30)33-24(22)13-12-23(26)29-18/h3-5,9-10,12-13,19,21,29H,6-8,11,14-17H2,1-2H3/t19-,21?,28?/m0/s1. The predicted octanol–water partition coefficient (Wildman–Crippen LogP) is 5.92. The Morgan fingerprint density at radius 3 is 2.82 bits per heavy atom. The monoisotopic (exact) mass is 444 g/mol. The van der Waals surface area contributed by atoms with Gasteiger partial charge in [-0.05, 0) is 63.6 Å². The molecule has 2 saturated heterocycles. The normalized spacial score (nSPS) is 25.5. The molecule has 3 aromatic rings. The quantitative estimate of drug-likeness (QED) is 0.510. The zero-order valence-corrected chi connectivity index (χ0v) is 19.5. The van der Waals surface area contributed by atoms with Crippen molar-refractivity contribution >= 4 is 16.9 Å². The van der Waals surface area contributed by atoms with Crippen LogP contribution in [0.4, 0.5) is 0 Å². The van der Waals surface area contributed by atoms with Crippen molar-refractivity contribution in [1.29, 1.82) is 0 Å². The highest BCUT2D eigenvalue weighted by Crippen LogP contribution is 2.50. The summed E-state index contributed by atoms with van der Waals surface area (Å²) in [5.41, 5.74) is 4.49. The molecule has 0 amide bonds. The fraction of sp³-hybridized carbons (Fsp3) is 0.464. The van der Waals surface area contributed by atoms with E-state index < -0.39 is 0 Å². The number of carbonyl (C=O) groups excluding carboxylic acids is 1. The first-order chi connectivity index (χ1) is 16.1. The van der Waals surface area contributed by atoms with Gasteiger partial charge in [0.2, 0.25) is 0 Å². The average molecular weight is 445 g/mol. The van der Waals surface area contributed by atoms with E-state index in [0.717, 1.165) is 53.8 Å². The third kappa shape index (κ3) is 3.28. The van der Waals surface area contributed by atoms with Crippen LogP contribution in [0.25, 0.3) is 10.9 Å². The molecule has 0 radical (unpaired) electrons. The molecule has 0 saturated carbocycles. The number of nitrogens with zero attached hydrogens (tertiary/aromatic N) is 1. The van der Waals surface area contributed by atoms with Gasteiger partial charge < -0.3 is 14.5 Å². The molecule has 2 fully saturated rings. The summed E-state index contributed by atoms with van der Waals surface area (Å²) in [7, 11) is 0. The Labute approximate surface area is 195 Å². The molecule has 3 aliphatic rings. The van der Waals surface area contributed by atoms with Crippen molar-refractivity contribution in [2.24, 2.45) is 5.92 Å². The van der Waals surface area contributed by atoms with Gasteiger partial charge in [-0.1, -0.05) is 30.3 Å². The first-order valence-electron chi connectivity index (χ1n) is 12.4. The Kier molecular flexibility index (Phi) is 4.98. The minimum Gasteiger partial charge on any atom is -0.472 e. The molecule has 0 aliphatic carbocycles. The number of nitrogens with one attached hydrogen (secondary N) is 1. The molecule has 5 nitrogen and oxygen atoms in total. The fourth-order valence-corrected chi connectivity index (χ4v) is 6.48. The molecule has 3 aliphatic heterocycles. The largest absolute Gasteiger partial charge is 0.472 e. The molecule has 33 heavy (non-hydrogen) atoms. The number of carbonyl (C=O) groups is 1. The smallest absolute Gasteiger partial charge is 0.341 e. The maximum Gasteiger partial charge on any atom is 0.341 e. The summed E-state index contributed by atoms with van der Waals surface area (Å²) < 4.78 is 12.8. The Hall–Kier alpha value is -2.79. The number of hydrogen-bond donors (Lipinski definition) is 1. The predicted molar refractivity (Wildman–Crippen MR) is 129 cm³/mol. The minimum absolute atomic E-state index is 0.162. The maximum atomic E-state index is 13.4. The van der Waals surface area contributed by atoms with Crippen LogP contribution in [0.2, 0.25) is 0 Å². The summed E-state index contributed by atoms with van der Waals surface area (Å²) in [5, 5.41) is 0.984. The van der Waals surface area contributed by atoms with E-state index in [1.54, 1.807) is 0 Å². The molecular formula is C28H32N2O3. The molecule has 172 valence electrons. The lowest BCUT2D eigenvalue weighted by Gasteiger charge is -2.56. The number of rotatable bonds is 3. The number of esters is 1. The van der Waals surface area contributed by atoms with E-state index in [2.05, 4.69) is 22.0 Å². The number of aromatic nitrogens is 1. The molecule has 0 bridgehead atoms. The maximum absolute atomic E-state index is 13.4. The molecular weight excluding hydrogens is 412 g/mol. The van der Waals surface area contributed by atoms with E-state index in [1.807, 2.05) is 44.2 Å². The Bertz CT molecular complexity index is 1200. The lowest BCUT2D eigenvalue weighted by molar-refractivity contribution is -0.177. The summed E-state index contributed by atoms with van der Waals surface area (Å²) in [4.78, 5) is 19.5. The van der Waals surface area contributed by atoms with Crippen LogP contribution >= 0.6 is 0 Å². The van der Waals surface area contributed by atoms with Crippen LogP contribution < -0.4 is 4.74 Å². The number of hydrogen-bond acceptors (Lipinski definition) is 4. The van der Waals surface area contributed by atoms with Gasteiger partial charge in [0.25, 0.3) is 0 Å². The summed E-state index contributed by atoms with van der Waals surface area (Å²) in [6, 6.07) is 14.1. The Balaban J connectivity index is 1.39. The lowest BCUT2D eigenvalue weighted by atomic mass is 9.74. The van der Waals surface area contributed by atoms with E-state index >= 15 is 0 Å². The van der Waals surface area contributed by atoms with Crippen LogP contribution in [-0.2, 0) is 11.2 Å². The number of fused-ring (bicyclic) bond motifs is 3. The molecule has 1 aromatic heterocycles. The first kappa shape index (κ1) is 20.8. The van der Waals surface area contributed by atoms with Crippen LogP contribution in [0.3, 0.4) is 0 Å². The van der Waals surface area contributed by atoms with E-state index in [4.69, 9.17) is 9.47 Å². The zero-order chi connectivity index (χ0) is 22.6. The third-order valence-corrected chi connectivity index (χ3v) is 8.08. The second-order valence-corrected chi connectivity index (χ2v) is 9.98. The van der Waals surface area contributed by atoms with Gasteiger partial charge in [0.05, 0.1) is 5.56 Å². The van der Waals surface area contributed by atoms with Gasteiger partial charge in [-0.3, -0.25) is 4.90 Å². The number of piperidine rings is 2. The van der Waals surface area contributed by atoms with Gasteiger partial charge in [0, 0.05) is 47.6 Å². The van der Waals surface area contributed by atoms with Crippen molar-refractivity contribution in [1.82, 2.24) is 9.88 Å². The fourth-order valence-electron chi connectivity index (χ4n) is 6.48. The van der Waals surface area contributed by atoms with Crippen molar-refractivity contribution in [2.75, 3.05) is 13.1 Å². The molecule has 3 atom stereocenters. The summed E-state index contributed by atoms with van der Waals surface area (Å²) in [6.45, 7) is 6.16. The SMILES string of the molecule is Cc1[nH]c2ccc3c(c2c1C(=O)O[C@@H](C)c1ccccc1)CC1CCCN2CCCCC12O3. The number of aromatic amines is 1. The Morgan fingerprint density at radius 1 is 1.15 bits per heavy atom. The number of aryl methyl sites for hydroxylation is 1. The molecule has 6 rings (SSSR count). The topological polar surface area (TPSA) is 54.6 Å². The molecule has 1 N–H and O–H groups in total. The minimum atomic E-state index is -0.309. The van der Waals surface area contributed by atoms with Crippen molar-refractivity contribution in [2.45, 2.75) is 64.2 Å². The highest BCUT2D eigenvalue weighted by Gasteiger charge is 2.52. The number of H-pyrrole nitrogens is 1. The van der Waals surface area contributed by atoms with Crippen LogP contribution in [0.15, 0.2) is 42.5 Å². The highest BCUT2D eigenvalue weighted by atomic mass is 16.5. The van der Waals surface area contributed by atoms with Gasteiger partial charge in [-0.15, -0.1) is 0 Å². The van der Waals surface area contributed by atoms with E-state index in [-0.39, 0.29) is 17.8 Å². The van der Waals surface area contributed by atoms with Crippen LogP contribution in [-0.4, -0.2) is 34.7 Å². The van der Waals surface area contributed by atoms with Gasteiger partial charge >= 0.3 is 5.97 Å². The van der Waals surface area contributed by atoms with Gasteiger partial charge in [0.1, 0.15) is 11.9 Å². The molecule has 1 spiro atoms. The third-order valence-electron chi connectivity index (χ3n) is 8.08. The average Bonchev–Trinajstić information content (AvgIpc) is 3.18. The summed E-state index contributed by atoms with van der Waals surface area (Å²) >= 11 is 0. The first-order valence-corrected chi connectivity index (χ1v) is 12.4. The van der Waals surface area contributed by atoms with E-state index in [9.17, 15) is 4.79 Å². The molecule has 2 aromatic carbocycles. The van der Waals surface area contributed by atoms with E-state index in [1.165, 1.54) is 31.2 Å². The van der Waals surface area contributed by atoms with Gasteiger partial charge in [-0.25, -0.2) is 4.79 Å². The van der Waals surface area contributed by atoms with Crippen molar-refractivity contribution in [3.05, 3.63) is 64.8 Å². The zero-order valence-electron chi connectivity index (χ0n) is 19.5. The summed E-state index contributed by atoms with van der Waals surface area (Å²) in [5.74, 6) is 1.13. The highest BCUT2D eigenvalue weighted by molar-refractivity contribution is 6.07. The van der Waals surface area contributed by atoms with Crippen LogP contribution in [0, 0.1) is 12.8 Å². The van der Waals surface area contributed by atoms with Crippen molar-refractivity contribution in [3.8, 4) is 5.75 Å².